The third-order valence-electron chi connectivity index (χ3n) is 4.89. The summed E-state index contributed by atoms with van der Waals surface area (Å²) in [4.78, 5) is 17.2. The third-order valence-corrected chi connectivity index (χ3v) is 4.89. The first kappa shape index (κ1) is 14.4. The Morgan fingerprint density at radius 2 is 1.90 bits per heavy atom. The lowest BCUT2D eigenvalue weighted by molar-refractivity contribution is -0.134. The van der Waals surface area contributed by atoms with E-state index in [1.165, 1.54) is 5.56 Å². The molecule has 1 N–H and O–H groups in total. The number of nitrogens with one attached hydrogen (secondary N) is 1. The molecular weight excluding hydrogens is 262 g/mol. The molecule has 0 aliphatic carbocycles. The van der Waals surface area contributed by atoms with E-state index in [2.05, 4.69) is 41.3 Å². The predicted octanol–water partition coefficient (Wildman–Crippen LogP) is 2.14. The molecule has 0 aromatic heterocycles. The van der Waals surface area contributed by atoms with Gasteiger partial charge in [-0.1, -0.05) is 18.2 Å². The van der Waals surface area contributed by atoms with Crippen molar-refractivity contribution in [1.82, 2.24) is 9.80 Å². The lowest BCUT2D eigenvalue weighted by Crippen LogP contribution is -2.46. The van der Waals surface area contributed by atoms with E-state index in [0.717, 1.165) is 44.6 Å². The van der Waals surface area contributed by atoms with Crippen molar-refractivity contribution in [2.75, 3.05) is 39.0 Å². The molecule has 1 amide bonds. The molecule has 2 aliphatic heterocycles. The Labute approximate surface area is 127 Å². The number of benzene rings is 1. The van der Waals surface area contributed by atoms with E-state index in [1.54, 1.807) is 0 Å². The van der Waals surface area contributed by atoms with E-state index in [4.69, 9.17) is 0 Å². The molecule has 0 bridgehead atoms. The number of para-hydroxylation sites is 1. The number of piperidine rings is 1. The number of anilines is 1. The minimum Gasteiger partial charge on any atom is -0.385 e. The van der Waals surface area contributed by atoms with Gasteiger partial charge < -0.3 is 15.1 Å². The van der Waals surface area contributed by atoms with Gasteiger partial charge in [-0.15, -0.1) is 0 Å². The molecule has 114 valence electrons. The highest BCUT2D eigenvalue weighted by atomic mass is 16.2. The molecule has 1 aromatic rings. The van der Waals surface area contributed by atoms with Crippen molar-refractivity contribution in [2.24, 2.45) is 0 Å². The van der Waals surface area contributed by atoms with Crippen LogP contribution in [0, 0.1) is 0 Å². The maximum atomic E-state index is 12.9. The van der Waals surface area contributed by atoms with Crippen LogP contribution in [0.1, 0.15) is 30.7 Å². The first-order chi connectivity index (χ1) is 10.2. The van der Waals surface area contributed by atoms with Crippen molar-refractivity contribution >= 4 is 11.6 Å². The van der Waals surface area contributed by atoms with Crippen molar-refractivity contribution in [2.45, 2.75) is 31.2 Å². The lowest BCUT2D eigenvalue weighted by atomic mass is 9.89. The fraction of sp³-hybridized carbons (Fsp3) is 0.588. The zero-order valence-electron chi connectivity index (χ0n) is 13.0. The largest absolute Gasteiger partial charge is 0.385 e. The van der Waals surface area contributed by atoms with E-state index in [-0.39, 0.29) is 5.92 Å². The molecule has 2 aliphatic rings. The van der Waals surface area contributed by atoms with Gasteiger partial charge in [-0.3, -0.25) is 4.79 Å². The van der Waals surface area contributed by atoms with Crippen LogP contribution in [0.3, 0.4) is 0 Å². The summed E-state index contributed by atoms with van der Waals surface area (Å²) in [5.74, 6) is 0.361. The molecule has 2 heterocycles. The Bertz CT molecular complexity index is 507. The van der Waals surface area contributed by atoms with Gasteiger partial charge in [-0.05, 0) is 45.0 Å². The normalized spacial score (nSPS) is 22.8. The van der Waals surface area contributed by atoms with Gasteiger partial charge in [0.15, 0.2) is 0 Å². The summed E-state index contributed by atoms with van der Waals surface area (Å²) in [7, 11) is 4.26. The highest BCUT2D eigenvalue weighted by molar-refractivity contribution is 5.86. The van der Waals surface area contributed by atoms with Crippen LogP contribution in [-0.4, -0.2) is 55.5 Å². The van der Waals surface area contributed by atoms with Crippen LogP contribution < -0.4 is 5.32 Å². The lowest BCUT2D eigenvalue weighted by Gasteiger charge is -2.38. The molecule has 0 radical (unpaired) electrons. The van der Waals surface area contributed by atoms with Gasteiger partial charge in [-0.25, -0.2) is 0 Å². The molecular formula is C17H25N3O. The van der Waals surface area contributed by atoms with Gasteiger partial charge in [0.1, 0.15) is 0 Å². The summed E-state index contributed by atoms with van der Waals surface area (Å²) < 4.78 is 0. The summed E-state index contributed by atoms with van der Waals surface area (Å²) >= 11 is 0. The summed E-state index contributed by atoms with van der Waals surface area (Å²) in [6, 6.07) is 8.85. The summed E-state index contributed by atoms with van der Waals surface area (Å²) in [6.45, 7) is 2.68. The molecule has 1 aromatic carbocycles. The molecule has 1 atom stereocenters. The number of carbonyl (C=O) groups excluding carboxylic acids is 1. The minimum absolute atomic E-state index is 0.0401. The van der Waals surface area contributed by atoms with E-state index in [0.29, 0.717) is 11.9 Å². The Morgan fingerprint density at radius 1 is 1.19 bits per heavy atom. The molecule has 4 nitrogen and oxygen atoms in total. The smallest absolute Gasteiger partial charge is 0.230 e. The first-order valence-corrected chi connectivity index (χ1v) is 7.95. The number of amides is 1. The fourth-order valence-electron chi connectivity index (χ4n) is 3.55. The average Bonchev–Trinajstić information content (AvgIpc) is 2.53. The number of hydrogen-bond acceptors (Lipinski definition) is 3. The second-order valence-corrected chi connectivity index (χ2v) is 6.38. The summed E-state index contributed by atoms with van der Waals surface area (Å²) in [5, 5.41) is 3.39. The van der Waals surface area contributed by atoms with Crippen LogP contribution in [0.15, 0.2) is 24.3 Å². The second kappa shape index (κ2) is 6.06. The van der Waals surface area contributed by atoms with Crippen LogP contribution >= 0.6 is 0 Å². The highest BCUT2D eigenvalue weighted by Crippen LogP contribution is 2.33. The molecule has 4 heteroatoms. The second-order valence-electron chi connectivity index (χ2n) is 6.38. The fourth-order valence-corrected chi connectivity index (χ4v) is 3.55. The van der Waals surface area contributed by atoms with Crippen molar-refractivity contribution in [3.05, 3.63) is 29.8 Å². The van der Waals surface area contributed by atoms with E-state index >= 15 is 0 Å². The van der Waals surface area contributed by atoms with Gasteiger partial charge >= 0.3 is 0 Å². The van der Waals surface area contributed by atoms with Gasteiger partial charge in [-0.2, -0.15) is 0 Å². The predicted molar refractivity (Wildman–Crippen MR) is 85.6 cm³/mol. The molecule has 0 spiro atoms. The van der Waals surface area contributed by atoms with Crippen LogP contribution in [-0.2, 0) is 4.79 Å². The Kier molecular flexibility index (Phi) is 4.15. The SMILES string of the molecule is CN(C)C1CCN(C(=O)C2CCNc3ccccc32)CC1. The maximum absolute atomic E-state index is 12.9. The van der Waals surface area contributed by atoms with Gasteiger partial charge in [0.05, 0.1) is 5.92 Å². The first-order valence-electron chi connectivity index (χ1n) is 7.95. The van der Waals surface area contributed by atoms with E-state index in [1.807, 2.05) is 12.1 Å². The Hall–Kier alpha value is -1.55. The summed E-state index contributed by atoms with van der Waals surface area (Å²) in [6.07, 6.45) is 3.08. The van der Waals surface area contributed by atoms with Crippen LogP contribution in [0.25, 0.3) is 0 Å². The maximum Gasteiger partial charge on any atom is 0.230 e. The van der Waals surface area contributed by atoms with Gasteiger partial charge in [0.2, 0.25) is 5.91 Å². The number of carbonyl (C=O) groups is 1. The number of fused-ring (bicyclic) bond motifs is 1. The molecule has 3 rings (SSSR count). The topological polar surface area (TPSA) is 35.6 Å². The monoisotopic (exact) mass is 287 g/mol. The molecule has 21 heavy (non-hydrogen) atoms. The van der Waals surface area contributed by atoms with Crippen LogP contribution in [0.4, 0.5) is 5.69 Å². The number of rotatable bonds is 2. The Balaban J connectivity index is 1.70. The van der Waals surface area contributed by atoms with Crippen molar-refractivity contribution in [3.8, 4) is 0 Å². The van der Waals surface area contributed by atoms with Crippen molar-refractivity contribution < 1.29 is 4.79 Å². The molecule has 1 saturated heterocycles. The van der Waals surface area contributed by atoms with E-state index in [9.17, 15) is 4.79 Å². The van der Waals surface area contributed by atoms with Gasteiger partial charge in [0.25, 0.3) is 0 Å². The molecule has 0 saturated carbocycles. The third kappa shape index (κ3) is 2.91. The van der Waals surface area contributed by atoms with Gasteiger partial charge in [0, 0.05) is 31.4 Å². The van der Waals surface area contributed by atoms with Crippen molar-refractivity contribution in [3.63, 3.8) is 0 Å². The van der Waals surface area contributed by atoms with Crippen LogP contribution in [0.5, 0.6) is 0 Å². The zero-order valence-corrected chi connectivity index (χ0v) is 13.0. The highest BCUT2D eigenvalue weighted by Gasteiger charge is 2.32. The van der Waals surface area contributed by atoms with E-state index < -0.39 is 0 Å². The number of hydrogen-bond donors (Lipinski definition) is 1. The zero-order chi connectivity index (χ0) is 14.8. The standard InChI is InChI=1S/C17H25N3O/c1-19(2)13-8-11-20(12-9-13)17(21)15-7-10-18-16-6-4-3-5-14(15)16/h3-6,13,15,18H,7-12H2,1-2H3. The van der Waals surface area contributed by atoms with Crippen LogP contribution in [0.2, 0.25) is 0 Å². The summed E-state index contributed by atoms with van der Waals surface area (Å²) in [5.41, 5.74) is 2.30. The minimum atomic E-state index is 0.0401. The van der Waals surface area contributed by atoms with Crippen molar-refractivity contribution in [1.29, 1.82) is 0 Å². The Morgan fingerprint density at radius 3 is 2.62 bits per heavy atom. The molecule has 1 unspecified atom stereocenters. The molecule has 1 fully saturated rings. The average molecular weight is 287 g/mol. The number of likely N-dealkylation sites (tertiary alicyclic amines) is 1. The number of nitrogens with zero attached hydrogens (tertiary/aromatic N) is 2. The quantitative estimate of drug-likeness (QED) is 0.905.